The molecule has 0 unspecified atom stereocenters. The van der Waals surface area contributed by atoms with E-state index >= 15 is 0 Å². The fraction of sp³-hybridized carbons (Fsp3) is 0.0714. The van der Waals surface area contributed by atoms with Crippen molar-refractivity contribution in [3.8, 4) is 0 Å². The van der Waals surface area contributed by atoms with Crippen molar-refractivity contribution in [1.29, 1.82) is 0 Å². The molecule has 0 N–H and O–H groups in total. The summed E-state index contributed by atoms with van der Waals surface area (Å²) in [6, 6.07) is 10.2. The van der Waals surface area contributed by atoms with Crippen molar-refractivity contribution in [3.05, 3.63) is 66.4 Å². The van der Waals surface area contributed by atoms with Crippen LogP contribution in [-0.4, -0.2) is 4.57 Å². The molecule has 0 aliphatic heterocycles. The highest BCUT2D eigenvalue weighted by molar-refractivity contribution is 14.1. The highest BCUT2D eigenvalue weighted by Crippen LogP contribution is 2.20. The van der Waals surface area contributed by atoms with Gasteiger partial charge in [0.25, 0.3) is 0 Å². The van der Waals surface area contributed by atoms with Crippen LogP contribution in [0.2, 0.25) is 0 Å². The Morgan fingerprint density at radius 1 is 1.25 bits per heavy atom. The smallest absolute Gasteiger partial charge is 0.408 e. The van der Waals surface area contributed by atoms with Crippen LogP contribution >= 0.6 is 38.5 Å². The van der Waals surface area contributed by atoms with Crippen LogP contribution in [0.4, 0.5) is 4.39 Å². The summed E-state index contributed by atoms with van der Waals surface area (Å²) < 4.78 is 22.1. The van der Waals surface area contributed by atoms with Crippen molar-refractivity contribution in [3.63, 3.8) is 0 Å². The predicted molar refractivity (Wildman–Crippen MR) is 86.4 cm³/mol. The van der Waals surface area contributed by atoms with E-state index in [1.165, 1.54) is 10.6 Å². The predicted octanol–water partition coefficient (Wildman–Crippen LogP) is 4.15. The van der Waals surface area contributed by atoms with Gasteiger partial charge in [-0.15, -0.1) is 0 Å². The molecule has 0 fully saturated rings. The topological polar surface area (TPSA) is 35.1 Å². The average Bonchev–Trinajstić information content (AvgIpc) is 2.68. The number of hydrogen-bond donors (Lipinski definition) is 0. The van der Waals surface area contributed by atoms with Gasteiger partial charge in [-0.3, -0.25) is 4.57 Å². The largest absolute Gasteiger partial charge is 0.420 e. The maximum atomic E-state index is 13.9. The van der Waals surface area contributed by atoms with Crippen LogP contribution in [0.1, 0.15) is 5.56 Å². The van der Waals surface area contributed by atoms with Gasteiger partial charge in [-0.2, -0.15) is 0 Å². The summed E-state index contributed by atoms with van der Waals surface area (Å²) >= 11 is 5.35. The maximum absolute atomic E-state index is 13.9. The lowest BCUT2D eigenvalue weighted by Crippen LogP contribution is -2.15. The third-order valence-electron chi connectivity index (χ3n) is 2.97. The van der Waals surface area contributed by atoms with E-state index in [1.807, 2.05) is 6.07 Å². The van der Waals surface area contributed by atoms with E-state index in [4.69, 9.17) is 4.42 Å². The zero-order valence-electron chi connectivity index (χ0n) is 10.1. The molecule has 0 amide bonds. The molecule has 0 bridgehead atoms. The van der Waals surface area contributed by atoms with Crippen LogP contribution in [0.15, 0.2) is 50.1 Å². The highest BCUT2D eigenvalue weighted by Gasteiger charge is 2.12. The molecule has 0 radical (unpaired) electrons. The molecule has 0 atom stereocenters. The zero-order chi connectivity index (χ0) is 14.3. The van der Waals surface area contributed by atoms with Crippen molar-refractivity contribution >= 4 is 49.6 Å². The van der Waals surface area contributed by atoms with Crippen molar-refractivity contribution in [1.82, 2.24) is 4.57 Å². The Bertz CT molecular complexity index is 856. The third kappa shape index (κ3) is 2.54. The van der Waals surface area contributed by atoms with Crippen molar-refractivity contribution in [2.45, 2.75) is 6.54 Å². The van der Waals surface area contributed by atoms with Crippen molar-refractivity contribution in [2.24, 2.45) is 0 Å². The summed E-state index contributed by atoms with van der Waals surface area (Å²) in [6.07, 6.45) is 0. The number of hydrogen-bond acceptors (Lipinski definition) is 2. The Hall–Kier alpha value is -1.15. The second-order valence-electron chi connectivity index (χ2n) is 4.30. The first-order valence-electron chi connectivity index (χ1n) is 5.77. The monoisotopic (exact) mass is 447 g/mol. The van der Waals surface area contributed by atoms with E-state index in [2.05, 4.69) is 38.5 Å². The number of oxazole rings is 1. The first-order valence-corrected chi connectivity index (χ1v) is 7.64. The number of nitrogens with zero attached hydrogens (tertiary/aromatic N) is 1. The molecule has 2 aromatic carbocycles. The molecule has 0 aliphatic rings. The quantitative estimate of drug-likeness (QED) is 0.553. The van der Waals surface area contributed by atoms with Gasteiger partial charge >= 0.3 is 5.76 Å². The number of benzene rings is 2. The summed E-state index contributed by atoms with van der Waals surface area (Å²) in [5, 5.41) is 0. The second-order valence-corrected chi connectivity index (χ2v) is 6.46. The highest BCUT2D eigenvalue weighted by atomic mass is 127. The van der Waals surface area contributed by atoms with Gasteiger partial charge in [-0.05, 0) is 52.9 Å². The molecule has 6 heteroatoms. The summed E-state index contributed by atoms with van der Waals surface area (Å²) in [6.45, 7) is 0.144. The molecule has 102 valence electrons. The lowest BCUT2D eigenvalue weighted by Gasteiger charge is -2.04. The number of aromatic nitrogens is 1. The van der Waals surface area contributed by atoms with Crippen LogP contribution in [-0.2, 0) is 6.54 Å². The summed E-state index contributed by atoms with van der Waals surface area (Å²) in [7, 11) is 0. The maximum Gasteiger partial charge on any atom is 0.420 e. The van der Waals surface area contributed by atoms with Crippen LogP contribution < -0.4 is 5.76 Å². The Balaban J connectivity index is 2.11. The number of rotatable bonds is 2. The van der Waals surface area contributed by atoms with Gasteiger partial charge < -0.3 is 4.42 Å². The molecule has 3 nitrogen and oxygen atoms in total. The van der Waals surface area contributed by atoms with E-state index in [9.17, 15) is 9.18 Å². The molecule has 1 heterocycles. The van der Waals surface area contributed by atoms with Crippen LogP contribution in [0.3, 0.4) is 0 Å². The summed E-state index contributed by atoms with van der Waals surface area (Å²) in [4.78, 5) is 11.9. The van der Waals surface area contributed by atoms with Gasteiger partial charge in [0, 0.05) is 13.6 Å². The summed E-state index contributed by atoms with van der Waals surface area (Å²) in [5.41, 5.74) is 1.62. The fourth-order valence-corrected chi connectivity index (χ4v) is 2.81. The molecular formula is C14H8BrFINO2. The van der Waals surface area contributed by atoms with Crippen LogP contribution in [0, 0.1) is 9.39 Å². The molecule has 0 spiro atoms. The van der Waals surface area contributed by atoms with Crippen molar-refractivity contribution < 1.29 is 8.81 Å². The molecule has 0 aliphatic carbocycles. The Morgan fingerprint density at radius 3 is 2.80 bits per heavy atom. The van der Waals surface area contributed by atoms with E-state index in [0.717, 1.165) is 3.57 Å². The van der Waals surface area contributed by atoms with Gasteiger partial charge in [0.1, 0.15) is 5.82 Å². The minimum absolute atomic E-state index is 0.144. The van der Waals surface area contributed by atoms with Crippen LogP contribution in [0.5, 0.6) is 0 Å². The standard InChI is InChI=1S/C14H8BrFINO2/c15-9-2-1-8(11(16)5-9)7-18-12-4-3-10(17)6-13(12)20-14(18)19/h1-6H,7H2. The number of fused-ring (bicyclic) bond motifs is 1. The van der Waals surface area contributed by atoms with Gasteiger partial charge in [0.15, 0.2) is 5.58 Å². The van der Waals surface area contributed by atoms with Gasteiger partial charge in [0.2, 0.25) is 0 Å². The van der Waals surface area contributed by atoms with E-state index in [0.29, 0.717) is 21.1 Å². The van der Waals surface area contributed by atoms with Crippen molar-refractivity contribution in [2.75, 3.05) is 0 Å². The lowest BCUT2D eigenvalue weighted by molar-refractivity contribution is 0.512. The van der Waals surface area contributed by atoms with Crippen LogP contribution in [0.25, 0.3) is 11.1 Å². The Labute approximate surface area is 135 Å². The van der Waals surface area contributed by atoms with E-state index in [-0.39, 0.29) is 12.4 Å². The summed E-state index contributed by atoms with van der Waals surface area (Å²) in [5.74, 6) is -0.838. The molecule has 1 aromatic heterocycles. The molecular weight excluding hydrogens is 440 g/mol. The second kappa shape index (κ2) is 5.33. The Morgan fingerprint density at radius 2 is 2.05 bits per heavy atom. The minimum atomic E-state index is -0.482. The molecule has 0 saturated heterocycles. The molecule has 20 heavy (non-hydrogen) atoms. The third-order valence-corrected chi connectivity index (χ3v) is 4.14. The zero-order valence-corrected chi connectivity index (χ0v) is 13.8. The van der Waals surface area contributed by atoms with E-state index in [1.54, 1.807) is 24.3 Å². The fourth-order valence-electron chi connectivity index (χ4n) is 2.01. The average molecular weight is 448 g/mol. The molecule has 3 rings (SSSR count). The minimum Gasteiger partial charge on any atom is -0.408 e. The first-order chi connectivity index (χ1) is 9.54. The molecule has 0 saturated carbocycles. The van der Waals surface area contributed by atoms with Gasteiger partial charge in [-0.25, -0.2) is 9.18 Å². The first kappa shape index (κ1) is 13.8. The van der Waals surface area contributed by atoms with Gasteiger partial charge in [0.05, 0.1) is 12.1 Å². The normalized spacial score (nSPS) is 11.2. The van der Waals surface area contributed by atoms with Gasteiger partial charge in [-0.1, -0.05) is 22.0 Å². The van der Waals surface area contributed by atoms with E-state index < -0.39 is 5.76 Å². The number of halogens is 3. The SMILES string of the molecule is O=c1oc2cc(I)ccc2n1Cc1ccc(Br)cc1F. The lowest BCUT2D eigenvalue weighted by atomic mass is 10.2. The Kier molecular flexibility index (Phi) is 3.68. The molecule has 3 aromatic rings.